The van der Waals surface area contributed by atoms with E-state index in [9.17, 15) is 4.79 Å². The van der Waals surface area contributed by atoms with Gasteiger partial charge in [0.05, 0.1) is 31.4 Å². The van der Waals surface area contributed by atoms with E-state index in [0.717, 1.165) is 5.56 Å². The van der Waals surface area contributed by atoms with Crippen molar-refractivity contribution in [3.05, 3.63) is 47.5 Å². The first-order valence-electron chi connectivity index (χ1n) is 8.60. The fraction of sp³-hybridized carbons (Fsp3) is 0.500. The fourth-order valence-electron chi connectivity index (χ4n) is 3.03. The predicted molar refractivity (Wildman–Crippen MR) is 103 cm³/mol. The molecule has 2 atom stereocenters. The van der Waals surface area contributed by atoms with Crippen molar-refractivity contribution in [3.63, 3.8) is 0 Å². The first-order valence-corrected chi connectivity index (χ1v) is 11.2. The van der Waals surface area contributed by atoms with E-state index < -0.39 is 6.64 Å². The van der Waals surface area contributed by atoms with E-state index >= 15 is 0 Å². The van der Waals surface area contributed by atoms with Crippen LogP contribution in [0.5, 0.6) is 0 Å². The molecule has 0 unspecified atom stereocenters. The van der Waals surface area contributed by atoms with Crippen molar-refractivity contribution >= 4 is 24.4 Å². The maximum Gasteiger partial charge on any atom is 0.335 e. The van der Waals surface area contributed by atoms with Gasteiger partial charge in [-0.05, 0) is 45.1 Å². The number of esters is 1. The molecule has 0 fully saturated rings. The van der Waals surface area contributed by atoms with Gasteiger partial charge < -0.3 is 13.8 Å². The lowest BCUT2D eigenvalue weighted by molar-refractivity contribution is -0.138. The molecule has 138 valence electrons. The van der Waals surface area contributed by atoms with Crippen LogP contribution < -0.4 is 0 Å². The lowest BCUT2D eigenvalue weighted by atomic mass is 10.0. The summed E-state index contributed by atoms with van der Waals surface area (Å²) in [6.45, 7) is 6.11. The van der Waals surface area contributed by atoms with Gasteiger partial charge in [0.25, 0.3) is 6.64 Å². The SMILES string of the molecule is CCOC(=O)C1=C[C@@H](C)N(P(=S)(OCC)OCC)[C@H]1c1ccccc1. The van der Waals surface area contributed by atoms with E-state index in [0.29, 0.717) is 25.4 Å². The molecule has 1 aliphatic heterocycles. The third kappa shape index (κ3) is 4.39. The summed E-state index contributed by atoms with van der Waals surface area (Å²) < 4.78 is 19.1. The second-order valence-corrected chi connectivity index (χ2v) is 8.88. The third-order valence-electron chi connectivity index (χ3n) is 3.89. The summed E-state index contributed by atoms with van der Waals surface area (Å²) in [6.07, 6.45) is 1.91. The van der Waals surface area contributed by atoms with Crippen LogP contribution in [0.1, 0.15) is 39.3 Å². The number of rotatable bonds is 8. The summed E-state index contributed by atoms with van der Waals surface area (Å²) in [4.78, 5) is 12.5. The number of carbonyl (C=O) groups is 1. The second-order valence-electron chi connectivity index (χ2n) is 5.58. The van der Waals surface area contributed by atoms with Crippen LogP contribution in [0.2, 0.25) is 0 Å². The summed E-state index contributed by atoms with van der Waals surface area (Å²) >= 11 is 5.83. The van der Waals surface area contributed by atoms with Gasteiger partial charge in [0.15, 0.2) is 0 Å². The maximum absolute atomic E-state index is 12.5. The van der Waals surface area contributed by atoms with Crippen LogP contribution in [0.25, 0.3) is 0 Å². The molecule has 0 aromatic heterocycles. The molecule has 7 heteroatoms. The van der Waals surface area contributed by atoms with Gasteiger partial charge >= 0.3 is 5.97 Å². The van der Waals surface area contributed by atoms with Gasteiger partial charge in [-0.3, -0.25) is 0 Å². The number of hydrogen-bond acceptors (Lipinski definition) is 5. The fourth-order valence-corrected chi connectivity index (χ4v) is 6.44. The Labute approximate surface area is 155 Å². The Balaban J connectivity index is 2.51. The minimum Gasteiger partial charge on any atom is -0.463 e. The molecule has 0 spiro atoms. The molecular weight excluding hydrogens is 357 g/mol. The van der Waals surface area contributed by atoms with Crippen LogP contribution in [0.4, 0.5) is 0 Å². The molecule has 1 aromatic rings. The van der Waals surface area contributed by atoms with Crippen molar-refractivity contribution < 1.29 is 18.6 Å². The molecule has 0 N–H and O–H groups in total. The zero-order chi connectivity index (χ0) is 18.4. The van der Waals surface area contributed by atoms with E-state index in [4.69, 9.17) is 25.6 Å². The Morgan fingerprint density at radius 3 is 2.24 bits per heavy atom. The van der Waals surface area contributed by atoms with Crippen LogP contribution in [0.3, 0.4) is 0 Å². The standard InChI is InChI=1S/C18H26NO4PS/c1-5-21-18(20)16-13-14(4)19(24(25,22-6-2)23-7-3)17(16)15-11-9-8-10-12-15/h8-14,17H,5-7H2,1-4H3/t14-,17+/m1/s1. The third-order valence-corrected chi connectivity index (χ3v) is 7.42. The van der Waals surface area contributed by atoms with Gasteiger partial charge in [-0.15, -0.1) is 0 Å². The Morgan fingerprint density at radius 1 is 1.12 bits per heavy atom. The highest BCUT2D eigenvalue weighted by Gasteiger charge is 2.45. The molecule has 2 rings (SSSR count). The van der Waals surface area contributed by atoms with Crippen molar-refractivity contribution in [1.82, 2.24) is 4.67 Å². The van der Waals surface area contributed by atoms with Crippen LogP contribution in [-0.2, 0) is 30.4 Å². The number of hydrogen-bond donors (Lipinski definition) is 0. The average Bonchev–Trinajstić information content (AvgIpc) is 2.94. The molecule has 0 bridgehead atoms. The number of carbonyl (C=O) groups excluding carboxylic acids is 1. The van der Waals surface area contributed by atoms with Crippen molar-refractivity contribution in [1.29, 1.82) is 0 Å². The Morgan fingerprint density at radius 2 is 1.72 bits per heavy atom. The van der Waals surface area contributed by atoms with Gasteiger partial charge in [-0.2, -0.15) is 0 Å². The van der Waals surface area contributed by atoms with Crippen molar-refractivity contribution in [2.45, 2.75) is 39.8 Å². The Kier molecular flexibility index (Phi) is 7.35. The highest BCUT2D eigenvalue weighted by Crippen LogP contribution is 2.61. The second kappa shape index (κ2) is 9.06. The van der Waals surface area contributed by atoms with Gasteiger partial charge in [-0.1, -0.05) is 36.4 Å². The molecule has 0 amide bonds. The van der Waals surface area contributed by atoms with Crippen LogP contribution in [0.15, 0.2) is 42.0 Å². The van der Waals surface area contributed by atoms with E-state index in [1.165, 1.54) is 0 Å². The first-order chi connectivity index (χ1) is 12.0. The average molecular weight is 383 g/mol. The topological polar surface area (TPSA) is 48.0 Å². The van der Waals surface area contributed by atoms with E-state index in [1.807, 2.05) is 61.8 Å². The number of benzene rings is 1. The van der Waals surface area contributed by atoms with Crippen molar-refractivity contribution in [3.8, 4) is 0 Å². The van der Waals surface area contributed by atoms with Crippen LogP contribution >= 0.6 is 6.64 Å². The number of ether oxygens (including phenoxy) is 1. The minimum atomic E-state index is -2.73. The Bertz CT molecular complexity index is 654. The smallest absolute Gasteiger partial charge is 0.335 e. The zero-order valence-electron chi connectivity index (χ0n) is 15.2. The monoisotopic (exact) mass is 383 g/mol. The van der Waals surface area contributed by atoms with E-state index in [-0.39, 0.29) is 18.1 Å². The molecule has 0 radical (unpaired) electrons. The summed E-state index contributed by atoms with van der Waals surface area (Å²) in [6, 6.07) is 9.39. The number of nitrogens with zero attached hydrogens (tertiary/aromatic N) is 1. The van der Waals surface area contributed by atoms with Crippen LogP contribution in [0, 0.1) is 0 Å². The van der Waals surface area contributed by atoms with Gasteiger partial charge in [0.1, 0.15) is 0 Å². The maximum atomic E-state index is 12.5. The highest BCUT2D eigenvalue weighted by molar-refractivity contribution is 8.08. The first kappa shape index (κ1) is 20.3. The van der Waals surface area contributed by atoms with Gasteiger partial charge in [-0.25, -0.2) is 9.46 Å². The summed E-state index contributed by atoms with van der Waals surface area (Å²) in [5, 5.41) is 0. The van der Waals surface area contributed by atoms with Crippen molar-refractivity contribution in [2.24, 2.45) is 0 Å². The molecule has 1 aromatic carbocycles. The van der Waals surface area contributed by atoms with Gasteiger partial charge in [0.2, 0.25) is 0 Å². The van der Waals surface area contributed by atoms with Crippen LogP contribution in [-0.4, -0.2) is 36.5 Å². The minimum absolute atomic E-state index is 0.0893. The quantitative estimate of drug-likeness (QED) is 0.495. The van der Waals surface area contributed by atoms with E-state index in [2.05, 4.69) is 0 Å². The van der Waals surface area contributed by atoms with Crippen molar-refractivity contribution in [2.75, 3.05) is 19.8 Å². The van der Waals surface area contributed by atoms with Gasteiger partial charge in [0, 0.05) is 6.04 Å². The molecular formula is C18H26NO4PS. The largest absolute Gasteiger partial charge is 0.463 e. The zero-order valence-corrected chi connectivity index (χ0v) is 16.9. The summed E-state index contributed by atoms with van der Waals surface area (Å²) in [5.74, 6) is -0.319. The molecule has 0 aliphatic carbocycles. The molecule has 25 heavy (non-hydrogen) atoms. The molecule has 5 nitrogen and oxygen atoms in total. The normalized spacial score (nSPS) is 21.2. The summed E-state index contributed by atoms with van der Waals surface area (Å²) in [5.41, 5.74) is 1.56. The Hall–Kier alpha value is -1.04. The molecule has 1 heterocycles. The van der Waals surface area contributed by atoms with E-state index in [1.54, 1.807) is 6.92 Å². The lowest BCUT2D eigenvalue weighted by Gasteiger charge is -2.38. The lowest BCUT2D eigenvalue weighted by Crippen LogP contribution is -2.31. The highest BCUT2D eigenvalue weighted by atomic mass is 32.5. The molecule has 0 saturated carbocycles. The molecule has 0 saturated heterocycles. The summed E-state index contributed by atoms with van der Waals surface area (Å²) in [7, 11) is 0. The predicted octanol–water partition coefficient (Wildman–Crippen LogP) is 4.22. The molecule has 1 aliphatic rings.